The second kappa shape index (κ2) is 6.63. The van der Waals surface area contributed by atoms with Gasteiger partial charge in [0.05, 0.1) is 5.25 Å². The van der Waals surface area contributed by atoms with E-state index in [-0.39, 0.29) is 17.0 Å². The highest BCUT2D eigenvalue weighted by atomic mass is 32.2. The highest BCUT2D eigenvalue weighted by molar-refractivity contribution is 8.00. The highest BCUT2D eigenvalue weighted by Gasteiger charge is 2.15. The van der Waals surface area contributed by atoms with Crippen molar-refractivity contribution in [1.82, 2.24) is 0 Å². The van der Waals surface area contributed by atoms with Crippen molar-refractivity contribution in [3.05, 3.63) is 53.8 Å². The molecule has 110 valence electrons. The lowest BCUT2D eigenvalue weighted by Crippen LogP contribution is -2.22. The van der Waals surface area contributed by atoms with Crippen LogP contribution >= 0.6 is 11.8 Å². The first kappa shape index (κ1) is 15.4. The molecule has 3 N–H and O–H groups in total. The molecule has 0 fully saturated rings. The Hall–Kier alpha value is -2.01. The summed E-state index contributed by atoms with van der Waals surface area (Å²) in [6, 6.07) is 11.5. The van der Waals surface area contributed by atoms with Crippen LogP contribution < -0.4 is 11.1 Å². The van der Waals surface area contributed by atoms with Crippen LogP contribution in [0, 0.1) is 12.7 Å². The van der Waals surface area contributed by atoms with E-state index in [4.69, 9.17) is 5.73 Å². The summed E-state index contributed by atoms with van der Waals surface area (Å²) in [7, 11) is 0. The fraction of sp³-hybridized carbons (Fsp3) is 0.188. The van der Waals surface area contributed by atoms with Gasteiger partial charge in [-0.3, -0.25) is 4.79 Å². The van der Waals surface area contributed by atoms with Crippen molar-refractivity contribution in [1.29, 1.82) is 0 Å². The van der Waals surface area contributed by atoms with Crippen molar-refractivity contribution < 1.29 is 9.18 Å². The molecule has 2 aromatic carbocycles. The molecule has 0 saturated heterocycles. The molecule has 0 heterocycles. The Morgan fingerprint density at radius 2 is 1.90 bits per heavy atom. The summed E-state index contributed by atoms with van der Waals surface area (Å²) in [6.07, 6.45) is 0. The number of halogens is 1. The lowest BCUT2D eigenvalue weighted by atomic mass is 10.2. The predicted molar refractivity (Wildman–Crippen MR) is 85.9 cm³/mol. The van der Waals surface area contributed by atoms with Gasteiger partial charge in [-0.1, -0.05) is 6.07 Å². The Morgan fingerprint density at radius 1 is 1.24 bits per heavy atom. The molecular weight excluding hydrogens is 287 g/mol. The van der Waals surface area contributed by atoms with Crippen molar-refractivity contribution in [2.75, 3.05) is 11.1 Å². The number of carbonyl (C=O) groups excluding carboxylic acids is 1. The first-order chi connectivity index (χ1) is 9.95. The van der Waals surface area contributed by atoms with E-state index in [0.29, 0.717) is 11.4 Å². The van der Waals surface area contributed by atoms with E-state index in [1.54, 1.807) is 24.3 Å². The Balaban J connectivity index is 2.02. The molecular formula is C16H17FN2OS. The minimum Gasteiger partial charge on any atom is -0.399 e. The fourth-order valence-electron chi connectivity index (χ4n) is 1.78. The van der Waals surface area contributed by atoms with Gasteiger partial charge < -0.3 is 11.1 Å². The Morgan fingerprint density at radius 3 is 2.57 bits per heavy atom. The van der Waals surface area contributed by atoms with Crippen molar-refractivity contribution in [3.8, 4) is 0 Å². The number of rotatable bonds is 4. The maximum atomic E-state index is 12.9. The third-order valence-electron chi connectivity index (χ3n) is 3.02. The SMILES string of the molecule is Cc1ccc(N)cc1NC(=O)C(C)Sc1ccc(F)cc1. The monoisotopic (exact) mass is 304 g/mol. The van der Waals surface area contributed by atoms with E-state index >= 15 is 0 Å². The van der Waals surface area contributed by atoms with E-state index in [1.807, 2.05) is 19.9 Å². The second-order valence-electron chi connectivity index (χ2n) is 4.78. The standard InChI is InChI=1S/C16H17FN2OS/c1-10-3-6-13(18)9-15(10)19-16(20)11(2)21-14-7-4-12(17)5-8-14/h3-9,11H,18H2,1-2H3,(H,19,20). The number of carbonyl (C=O) groups is 1. The van der Waals surface area contributed by atoms with E-state index in [1.165, 1.54) is 23.9 Å². The number of amides is 1. The molecule has 1 unspecified atom stereocenters. The molecule has 0 aliphatic heterocycles. The maximum absolute atomic E-state index is 12.9. The zero-order valence-electron chi connectivity index (χ0n) is 11.9. The van der Waals surface area contributed by atoms with Crippen LogP contribution in [-0.2, 0) is 4.79 Å². The van der Waals surface area contributed by atoms with Crippen molar-refractivity contribution >= 4 is 29.0 Å². The number of benzene rings is 2. The van der Waals surface area contributed by atoms with Gasteiger partial charge in [0.2, 0.25) is 5.91 Å². The smallest absolute Gasteiger partial charge is 0.237 e. The summed E-state index contributed by atoms with van der Waals surface area (Å²) in [5.41, 5.74) is 8.00. The van der Waals surface area contributed by atoms with Crippen molar-refractivity contribution in [2.45, 2.75) is 24.0 Å². The summed E-state index contributed by atoms with van der Waals surface area (Å²) in [5, 5.41) is 2.57. The fourth-order valence-corrected chi connectivity index (χ4v) is 2.65. The lowest BCUT2D eigenvalue weighted by Gasteiger charge is -2.14. The summed E-state index contributed by atoms with van der Waals surface area (Å²) in [6.45, 7) is 3.72. The molecule has 0 bridgehead atoms. The molecule has 0 aliphatic rings. The molecule has 0 radical (unpaired) electrons. The molecule has 21 heavy (non-hydrogen) atoms. The van der Waals surface area contributed by atoms with E-state index in [2.05, 4.69) is 5.32 Å². The van der Waals surface area contributed by atoms with Gasteiger partial charge in [-0.25, -0.2) is 4.39 Å². The Bertz CT molecular complexity index is 643. The van der Waals surface area contributed by atoms with Crippen LogP contribution in [0.2, 0.25) is 0 Å². The van der Waals surface area contributed by atoms with Gasteiger partial charge in [-0.05, 0) is 55.8 Å². The summed E-state index contributed by atoms with van der Waals surface area (Å²) >= 11 is 1.38. The first-order valence-corrected chi connectivity index (χ1v) is 7.43. The molecule has 0 aliphatic carbocycles. The van der Waals surface area contributed by atoms with Gasteiger partial charge in [0, 0.05) is 16.3 Å². The molecule has 0 saturated carbocycles. The largest absolute Gasteiger partial charge is 0.399 e. The average molecular weight is 304 g/mol. The average Bonchev–Trinajstić information content (AvgIpc) is 2.45. The minimum atomic E-state index is -0.295. The van der Waals surface area contributed by atoms with Gasteiger partial charge in [0.15, 0.2) is 0 Å². The molecule has 0 spiro atoms. The summed E-state index contributed by atoms with van der Waals surface area (Å²) in [5.74, 6) is -0.398. The van der Waals surface area contributed by atoms with Gasteiger partial charge >= 0.3 is 0 Å². The maximum Gasteiger partial charge on any atom is 0.237 e. The summed E-state index contributed by atoms with van der Waals surface area (Å²) < 4.78 is 12.9. The van der Waals surface area contributed by atoms with E-state index in [0.717, 1.165) is 10.5 Å². The van der Waals surface area contributed by atoms with Crippen molar-refractivity contribution in [3.63, 3.8) is 0 Å². The molecule has 0 aromatic heterocycles. The number of hydrogen-bond donors (Lipinski definition) is 2. The zero-order valence-corrected chi connectivity index (χ0v) is 12.7. The molecule has 1 amide bonds. The van der Waals surface area contributed by atoms with Crippen LogP contribution in [0.5, 0.6) is 0 Å². The second-order valence-corrected chi connectivity index (χ2v) is 6.19. The van der Waals surface area contributed by atoms with E-state index < -0.39 is 0 Å². The van der Waals surface area contributed by atoms with Crippen LogP contribution in [0.4, 0.5) is 15.8 Å². The molecule has 5 heteroatoms. The lowest BCUT2D eigenvalue weighted by molar-refractivity contribution is -0.115. The molecule has 2 rings (SSSR count). The minimum absolute atomic E-state index is 0.113. The number of thioether (sulfide) groups is 1. The van der Waals surface area contributed by atoms with Crippen molar-refractivity contribution in [2.24, 2.45) is 0 Å². The third kappa shape index (κ3) is 4.23. The topological polar surface area (TPSA) is 55.1 Å². The van der Waals surface area contributed by atoms with Gasteiger partial charge in [-0.2, -0.15) is 0 Å². The number of hydrogen-bond acceptors (Lipinski definition) is 3. The highest BCUT2D eigenvalue weighted by Crippen LogP contribution is 2.25. The first-order valence-electron chi connectivity index (χ1n) is 6.55. The number of nitrogens with one attached hydrogen (secondary N) is 1. The van der Waals surface area contributed by atoms with Gasteiger partial charge in [0.1, 0.15) is 5.82 Å². The number of aryl methyl sites for hydroxylation is 1. The van der Waals surface area contributed by atoms with E-state index in [9.17, 15) is 9.18 Å². The van der Waals surface area contributed by atoms with Crippen LogP contribution in [0.15, 0.2) is 47.4 Å². The Kier molecular flexibility index (Phi) is 4.85. The van der Waals surface area contributed by atoms with Gasteiger partial charge in [0.25, 0.3) is 0 Å². The normalized spacial score (nSPS) is 12.0. The number of nitrogen functional groups attached to an aromatic ring is 1. The molecule has 3 nitrogen and oxygen atoms in total. The molecule has 1 atom stereocenters. The quantitative estimate of drug-likeness (QED) is 0.666. The van der Waals surface area contributed by atoms with Crippen LogP contribution in [0.25, 0.3) is 0 Å². The number of nitrogens with two attached hydrogens (primary N) is 1. The van der Waals surface area contributed by atoms with Crippen LogP contribution in [-0.4, -0.2) is 11.2 Å². The third-order valence-corrected chi connectivity index (χ3v) is 4.13. The predicted octanol–water partition coefficient (Wildman–Crippen LogP) is 3.84. The Labute approximate surface area is 127 Å². The van der Waals surface area contributed by atoms with Crippen LogP contribution in [0.1, 0.15) is 12.5 Å². The molecule has 2 aromatic rings. The van der Waals surface area contributed by atoms with Gasteiger partial charge in [-0.15, -0.1) is 11.8 Å². The van der Waals surface area contributed by atoms with Crippen LogP contribution in [0.3, 0.4) is 0 Å². The number of anilines is 2. The zero-order chi connectivity index (χ0) is 15.4. The summed E-state index contributed by atoms with van der Waals surface area (Å²) in [4.78, 5) is 13.1.